The zero-order valence-corrected chi connectivity index (χ0v) is 42.6. The minimum atomic E-state index is -4.73. The van der Waals surface area contributed by atoms with Gasteiger partial charge in [-0.3, -0.25) is 9.59 Å². The summed E-state index contributed by atoms with van der Waals surface area (Å²) in [5, 5.41) is 20.5. The monoisotopic (exact) mass is 1120 g/mol. The van der Waals surface area contributed by atoms with Gasteiger partial charge in [0.05, 0.1) is 27.7 Å². The maximum absolute atomic E-state index is 13.6. The molecular weight excluding hydrogens is 1070 g/mol. The van der Waals surface area contributed by atoms with E-state index in [1.807, 2.05) is 6.07 Å². The average molecular weight is 1120 g/mol. The number of fused-ring (bicyclic) bond motifs is 1. The maximum atomic E-state index is 13.6. The maximum Gasteiger partial charge on any atom is 0.434 e. The second kappa shape index (κ2) is 23.2. The molecule has 0 spiro atoms. The van der Waals surface area contributed by atoms with Crippen molar-refractivity contribution in [1.82, 2.24) is 33.4 Å². The van der Waals surface area contributed by atoms with Crippen molar-refractivity contribution >= 4 is 82.6 Å². The van der Waals surface area contributed by atoms with Crippen molar-refractivity contribution in [3.8, 4) is 6.07 Å². The summed E-state index contributed by atoms with van der Waals surface area (Å²) in [6.07, 6.45) is 6.53. The van der Waals surface area contributed by atoms with Gasteiger partial charge in [0.25, 0.3) is 0 Å². The van der Waals surface area contributed by atoms with Crippen LogP contribution in [0, 0.1) is 39.2 Å². The Morgan fingerprint density at radius 2 is 1.53 bits per heavy atom. The van der Waals surface area contributed by atoms with Crippen molar-refractivity contribution in [1.29, 1.82) is 5.26 Å². The lowest BCUT2D eigenvalue weighted by molar-refractivity contribution is -0.396. The molecule has 3 fully saturated rings. The zero-order chi connectivity index (χ0) is 51.1. The standard InChI is InChI=1S/C22H24BrF3N4O3S.C22H28Cl2N6O5S/c1-15-6-10-30(11-7-15)21(31)19(8-12-29-9-2-3-17(29)14-27)28-34(32,33)20-13-16(22(24,25)26)4-5-18(20)23;23-16-11-17(24)20(18(25)12-16)36(34,35)27-19(6-9-28-10-7-26-22(28)30(32)33)21(31)29-8-5-14-3-1-2-4-15(14)13-29/h2-5,9,13,15,19,28H,6-8,10-12H2,1H3;7,10-12,14-15,19,27H,1-6,8-9,13,25H2/t;14-,15-,19?/m.1/s1. The van der Waals surface area contributed by atoms with E-state index in [9.17, 15) is 55.0 Å². The molecule has 2 aromatic heterocycles. The number of halogens is 6. The van der Waals surface area contributed by atoms with Crippen LogP contribution in [0.4, 0.5) is 24.8 Å². The van der Waals surface area contributed by atoms with E-state index in [1.54, 1.807) is 32.7 Å². The number of likely N-dealkylation sites (tertiary alicyclic amines) is 2. The first-order valence-electron chi connectivity index (χ1n) is 22.4. The van der Waals surface area contributed by atoms with Gasteiger partial charge in [-0.05, 0) is 113 Å². The summed E-state index contributed by atoms with van der Waals surface area (Å²) in [6.45, 7) is 4.28. The van der Waals surface area contributed by atoms with Crippen molar-refractivity contribution in [3.63, 3.8) is 0 Å². The zero-order valence-electron chi connectivity index (χ0n) is 37.8. The smallest absolute Gasteiger partial charge is 0.398 e. The Kier molecular flexibility index (Phi) is 18.1. The molecule has 2 amide bonds. The summed E-state index contributed by atoms with van der Waals surface area (Å²) < 4.78 is 100. The van der Waals surface area contributed by atoms with E-state index in [-0.39, 0.29) is 56.9 Å². The topological polar surface area (TPSA) is 249 Å². The van der Waals surface area contributed by atoms with Crippen molar-refractivity contribution in [3.05, 3.63) is 96.9 Å². The second-order valence-corrected chi connectivity index (χ2v) is 22.7. The Balaban J connectivity index is 0.000000230. The van der Waals surface area contributed by atoms with Crippen LogP contribution in [0.2, 0.25) is 10.0 Å². The van der Waals surface area contributed by atoms with Crippen molar-refractivity contribution in [2.45, 2.75) is 106 Å². The molecular formula is C44H52BrCl2F3N10O8S2. The largest absolute Gasteiger partial charge is 0.434 e. The first-order chi connectivity index (χ1) is 33.0. The number of nitrogens with one attached hydrogen (secondary N) is 2. The van der Waals surface area contributed by atoms with Crippen LogP contribution in [0.3, 0.4) is 0 Å². The number of hydrogen-bond donors (Lipinski definition) is 3. The minimum Gasteiger partial charge on any atom is -0.398 e. The third kappa shape index (κ3) is 13.6. The summed E-state index contributed by atoms with van der Waals surface area (Å²) >= 11 is 15.1. The van der Waals surface area contributed by atoms with E-state index < -0.39 is 65.5 Å². The van der Waals surface area contributed by atoms with Gasteiger partial charge in [0.1, 0.15) is 41.1 Å². The number of nitrogens with two attached hydrogens (primary N) is 1. The lowest BCUT2D eigenvalue weighted by Crippen LogP contribution is -2.53. The van der Waals surface area contributed by atoms with Gasteiger partial charge in [-0.25, -0.2) is 21.4 Å². The van der Waals surface area contributed by atoms with Crippen LogP contribution < -0.4 is 15.2 Å². The van der Waals surface area contributed by atoms with Gasteiger partial charge >= 0.3 is 12.1 Å². The fourth-order valence-electron chi connectivity index (χ4n) is 9.08. The van der Waals surface area contributed by atoms with Crippen molar-refractivity contribution in [2.75, 3.05) is 31.9 Å². The van der Waals surface area contributed by atoms with Crippen LogP contribution in [0.5, 0.6) is 0 Å². The Morgan fingerprint density at radius 1 is 0.914 bits per heavy atom. The van der Waals surface area contributed by atoms with Gasteiger partial charge in [-0.15, -0.1) is 0 Å². The van der Waals surface area contributed by atoms with Gasteiger partial charge in [0.15, 0.2) is 0 Å². The van der Waals surface area contributed by atoms with Crippen LogP contribution in [0.25, 0.3) is 0 Å². The molecule has 0 radical (unpaired) electrons. The molecule has 2 aliphatic heterocycles. The van der Waals surface area contributed by atoms with Gasteiger partial charge in [0.2, 0.25) is 31.9 Å². The van der Waals surface area contributed by atoms with Gasteiger partial charge in [-0.1, -0.05) is 54.4 Å². The number of imidazole rings is 1. The minimum absolute atomic E-state index is 0.00103. The first kappa shape index (κ1) is 54.6. The SMILES string of the molecule is CC1CCN(C(=O)C(CCn2cccc2C#N)NS(=O)(=O)c2cc(C(F)(F)F)ccc2Br)CC1.Nc1cc(Cl)cc(Cl)c1S(=O)(=O)NC(CCn1ccnc1[N+](=O)[O-])C(=O)N1CC[C@H]2CCCC[C@@H]2C1. The molecule has 380 valence electrons. The summed E-state index contributed by atoms with van der Waals surface area (Å²) in [4.78, 5) is 43.5. The van der Waals surface area contributed by atoms with Crippen LogP contribution in [-0.4, -0.2) is 95.8 Å². The molecule has 0 bridgehead atoms. The van der Waals surface area contributed by atoms with Crippen molar-refractivity contribution < 1.29 is 44.5 Å². The highest BCUT2D eigenvalue weighted by Crippen LogP contribution is 2.37. The van der Waals surface area contributed by atoms with Crippen LogP contribution in [-0.2, 0) is 48.9 Å². The van der Waals surface area contributed by atoms with Crippen LogP contribution >= 0.6 is 39.1 Å². The number of hydrogen-bond acceptors (Lipinski definition) is 11. The molecule has 2 unspecified atom stereocenters. The molecule has 70 heavy (non-hydrogen) atoms. The number of amides is 2. The number of rotatable bonds is 15. The average Bonchev–Trinajstić information content (AvgIpc) is 3.98. The Labute approximate surface area is 422 Å². The number of nitrogen functional groups attached to an aromatic ring is 1. The fraction of sp³-hybridized carbons (Fsp3) is 0.500. The van der Waals surface area contributed by atoms with E-state index in [0.717, 1.165) is 50.7 Å². The van der Waals surface area contributed by atoms with Gasteiger partial charge < -0.3 is 30.2 Å². The molecule has 4 N–H and O–H groups in total. The molecule has 1 saturated carbocycles. The Morgan fingerprint density at radius 3 is 2.16 bits per heavy atom. The van der Waals surface area contributed by atoms with Gasteiger partial charge in [0, 0.05) is 54.8 Å². The number of nitro groups is 1. The van der Waals surface area contributed by atoms with E-state index in [1.165, 1.54) is 35.5 Å². The molecule has 7 rings (SSSR count). The van der Waals surface area contributed by atoms with E-state index in [2.05, 4.69) is 37.3 Å². The number of carbonyl (C=O) groups excluding carboxylic acids is 2. The number of benzene rings is 2. The van der Waals surface area contributed by atoms with Crippen LogP contribution in [0.15, 0.2) is 75.3 Å². The third-order valence-electron chi connectivity index (χ3n) is 12.9. The molecule has 4 atom stereocenters. The van der Waals surface area contributed by atoms with Crippen molar-refractivity contribution in [2.24, 2.45) is 17.8 Å². The van der Waals surface area contributed by atoms with Crippen LogP contribution in [0.1, 0.15) is 76.0 Å². The molecule has 2 aromatic carbocycles. The van der Waals surface area contributed by atoms with E-state index >= 15 is 0 Å². The molecule has 26 heteroatoms. The number of nitriles is 1. The second-order valence-electron chi connectivity index (χ2n) is 17.6. The highest BCUT2D eigenvalue weighted by Gasteiger charge is 2.39. The first-order valence-corrected chi connectivity index (χ1v) is 26.9. The quantitative estimate of drug-likeness (QED) is 0.0594. The summed E-state index contributed by atoms with van der Waals surface area (Å²) in [5.74, 6) is 0.206. The third-order valence-corrected chi connectivity index (χ3v) is 17.5. The number of carbonyl (C=O) groups is 2. The predicted molar refractivity (Wildman–Crippen MR) is 257 cm³/mol. The number of alkyl halides is 3. The summed E-state index contributed by atoms with van der Waals surface area (Å²) in [6, 6.07) is 7.71. The lowest BCUT2D eigenvalue weighted by Gasteiger charge is -2.42. The molecule has 1 aliphatic carbocycles. The molecule has 2 saturated heterocycles. The normalized spacial score (nSPS) is 18.8. The predicted octanol–water partition coefficient (Wildman–Crippen LogP) is 7.59. The summed E-state index contributed by atoms with van der Waals surface area (Å²) in [5.41, 5.74) is 4.99. The van der Waals surface area contributed by atoms with E-state index in [4.69, 9.17) is 28.9 Å². The number of piperidine rings is 2. The number of anilines is 1. The Hall–Kier alpha value is -4.77. The molecule has 4 heterocycles. The molecule has 3 aliphatic rings. The van der Waals surface area contributed by atoms with E-state index in [0.29, 0.717) is 55.7 Å². The number of nitrogens with zero attached hydrogens (tertiary/aromatic N) is 7. The molecule has 4 aromatic rings. The number of aromatic nitrogens is 3. The highest BCUT2D eigenvalue weighted by molar-refractivity contribution is 9.10. The number of sulfonamides is 2. The van der Waals surface area contributed by atoms with Gasteiger partial charge in [-0.2, -0.15) is 27.9 Å². The molecule has 18 nitrogen and oxygen atoms in total. The fourth-order valence-corrected chi connectivity index (χ4v) is 13.5. The Bertz CT molecular complexity index is 2800. The summed E-state index contributed by atoms with van der Waals surface area (Å²) in [7, 11) is -8.83. The highest BCUT2D eigenvalue weighted by atomic mass is 79.9. The number of aryl methyl sites for hydroxylation is 2. The lowest BCUT2D eigenvalue weighted by atomic mass is 9.75.